The van der Waals surface area contributed by atoms with E-state index in [2.05, 4.69) is 5.32 Å². The van der Waals surface area contributed by atoms with E-state index in [-0.39, 0.29) is 13.0 Å². The van der Waals surface area contributed by atoms with Gasteiger partial charge < -0.3 is 14.8 Å². The molecule has 0 aromatic heterocycles. The van der Waals surface area contributed by atoms with Gasteiger partial charge in [0, 0.05) is 24.1 Å². The number of rotatable bonds is 7. The molecular weight excluding hydrogens is 318 g/mol. The van der Waals surface area contributed by atoms with Crippen LogP contribution in [0.5, 0.6) is 5.75 Å². The molecular formula is C17H24F2N2O3. The number of ether oxygens (including phenoxy) is 2. The Kier molecular flexibility index (Phi) is 5.20. The van der Waals surface area contributed by atoms with Gasteiger partial charge in [0.05, 0.1) is 19.3 Å². The van der Waals surface area contributed by atoms with Gasteiger partial charge in [-0.2, -0.15) is 0 Å². The number of methoxy groups -OCH3 is 1. The molecule has 0 bridgehead atoms. The maximum Gasteiger partial charge on any atom is 0.414 e. The first-order chi connectivity index (χ1) is 11.2. The molecule has 1 aromatic rings. The number of benzene rings is 1. The normalized spacial score (nSPS) is 15.4. The van der Waals surface area contributed by atoms with Crippen molar-refractivity contribution in [2.24, 2.45) is 5.41 Å². The van der Waals surface area contributed by atoms with Crippen molar-refractivity contribution in [3.05, 3.63) is 18.2 Å². The zero-order chi connectivity index (χ0) is 18.0. The molecule has 24 heavy (non-hydrogen) atoms. The van der Waals surface area contributed by atoms with E-state index in [1.807, 2.05) is 0 Å². The molecule has 134 valence electrons. The number of cyclic esters (lactones) is 1. The molecule has 1 aliphatic heterocycles. The minimum atomic E-state index is -2.77. The molecule has 7 heteroatoms. The molecule has 5 nitrogen and oxygen atoms in total. The zero-order valence-corrected chi connectivity index (χ0v) is 14.5. The van der Waals surface area contributed by atoms with Crippen molar-refractivity contribution in [3.8, 4) is 5.75 Å². The van der Waals surface area contributed by atoms with E-state index in [4.69, 9.17) is 9.47 Å². The van der Waals surface area contributed by atoms with E-state index in [1.165, 1.54) is 32.8 Å². The van der Waals surface area contributed by atoms with Gasteiger partial charge in [0.15, 0.2) is 0 Å². The molecule has 1 fully saturated rings. The van der Waals surface area contributed by atoms with Crippen molar-refractivity contribution in [2.45, 2.75) is 33.1 Å². The fourth-order valence-corrected chi connectivity index (χ4v) is 2.55. The van der Waals surface area contributed by atoms with Crippen molar-refractivity contribution in [3.63, 3.8) is 0 Å². The number of alkyl halides is 2. The summed E-state index contributed by atoms with van der Waals surface area (Å²) < 4.78 is 38.2. The van der Waals surface area contributed by atoms with Gasteiger partial charge in [0.2, 0.25) is 0 Å². The average molecular weight is 342 g/mol. The lowest BCUT2D eigenvalue weighted by molar-refractivity contribution is -0.101. The Balaban J connectivity index is 2.19. The van der Waals surface area contributed by atoms with Gasteiger partial charge in [-0.25, -0.2) is 13.6 Å². The third kappa shape index (κ3) is 3.55. The van der Waals surface area contributed by atoms with E-state index in [1.54, 1.807) is 18.2 Å². The minimum Gasteiger partial charge on any atom is -0.495 e. The summed E-state index contributed by atoms with van der Waals surface area (Å²) in [7, 11) is 1.51. The predicted molar refractivity (Wildman–Crippen MR) is 89.2 cm³/mol. The quantitative estimate of drug-likeness (QED) is 0.809. The number of carbonyl (C=O) groups excluding carboxylic acids is 1. The molecule has 0 saturated carbocycles. The Bertz CT molecular complexity index is 605. The Hall–Kier alpha value is -2.05. The Morgan fingerprint density at radius 2 is 2.08 bits per heavy atom. The van der Waals surface area contributed by atoms with Gasteiger partial charge in [0.1, 0.15) is 12.4 Å². The van der Waals surface area contributed by atoms with Crippen LogP contribution in [-0.2, 0) is 4.74 Å². The summed E-state index contributed by atoms with van der Waals surface area (Å²) in [5, 5.41) is 3.04. The predicted octanol–water partition coefficient (Wildman–Crippen LogP) is 4.14. The van der Waals surface area contributed by atoms with Crippen molar-refractivity contribution in [1.82, 2.24) is 0 Å². The summed E-state index contributed by atoms with van der Waals surface area (Å²) in [4.78, 5) is 13.2. The van der Waals surface area contributed by atoms with Crippen molar-refractivity contribution in [2.75, 3.05) is 37.0 Å². The summed E-state index contributed by atoms with van der Waals surface area (Å²) in [6, 6.07) is 5.16. The van der Waals surface area contributed by atoms with E-state index in [9.17, 15) is 13.6 Å². The topological polar surface area (TPSA) is 50.8 Å². The summed E-state index contributed by atoms with van der Waals surface area (Å²) in [5.74, 6) is -2.24. The van der Waals surface area contributed by atoms with Crippen LogP contribution in [0.3, 0.4) is 0 Å². The maximum atomic E-state index is 14.0. The summed E-state index contributed by atoms with van der Waals surface area (Å²) >= 11 is 0. The molecule has 2 rings (SSSR count). The van der Waals surface area contributed by atoms with Crippen LogP contribution in [0.15, 0.2) is 18.2 Å². The number of carbonyl (C=O) groups is 1. The second kappa shape index (κ2) is 6.83. The molecule has 0 atom stereocenters. The third-order valence-electron chi connectivity index (χ3n) is 4.40. The Labute approximate surface area is 140 Å². The van der Waals surface area contributed by atoms with Crippen LogP contribution in [0.4, 0.5) is 25.0 Å². The standard InChI is InChI=1S/C17H24F2N2O3/c1-5-17(18,19)16(2,3)11-20-12-6-7-14(23-4)13(10-12)21-8-9-24-15(21)22/h6-7,10,20H,5,8-9,11H2,1-4H3. The van der Waals surface area contributed by atoms with Crippen LogP contribution >= 0.6 is 0 Å². The van der Waals surface area contributed by atoms with Crippen molar-refractivity contribution < 1.29 is 23.0 Å². The van der Waals surface area contributed by atoms with E-state index >= 15 is 0 Å². The van der Waals surface area contributed by atoms with Gasteiger partial charge in [-0.15, -0.1) is 0 Å². The van der Waals surface area contributed by atoms with Crippen LogP contribution in [0.1, 0.15) is 27.2 Å². The first-order valence-corrected chi connectivity index (χ1v) is 7.96. The van der Waals surface area contributed by atoms with Crippen LogP contribution in [0.2, 0.25) is 0 Å². The van der Waals surface area contributed by atoms with Gasteiger partial charge in [-0.05, 0) is 18.2 Å². The van der Waals surface area contributed by atoms with Gasteiger partial charge in [0.25, 0.3) is 5.92 Å². The number of hydrogen-bond donors (Lipinski definition) is 1. The highest BCUT2D eigenvalue weighted by atomic mass is 19.3. The molecule has 0 unspecified atom stereocenters. The SMILES string of the molecule is CCC(F)(F)C(C)(C)CNc1ccc(OC)c(N2CCOC2=O)c1. The average Bonchev–Trinajstić information content (AvgIpc) is 2.98. The highest BCUT2D eigenvalue weighted by Crippen LogP contribution is 2.39. The Morgan fingerprint density at radius 3 is 2.62 bits per heavy atom. The summed E-state index contributed by atoms with van der Waals surface area (Å²) in [6.45, 7) is 5.39. The first-order valence-electron chi connectivity index (χ1n) is 7.96. The molecule has 0 aliphatic carbocycles. The third-order valence-corrected chi connectivity index (χ3v) is 4.40. The second-order valence-corrected chi connectivity index (χ2v) is 6.45. The highest BCUT2D eigenvalue weighted by molar-refractivity contribution is 5.92. The van der Waals surface area contributed by atoms with Gasteiger partial charge in [-0.1, -0.05) is 20.8 Å². The lowest BCUT2D eigenvalue weighted by Crippen LogP contribution is -2.41. The largest absolute Gasteiger partial charge is 0.495 e. The fourth-order valence-electron chi connectivity index (χ4n) is 2.55. The molecule has 0 spiro atoms. The van der Waals surface area contributed by atoms with Crippen molar-refractivity contribution in [1.29, 1.82) is 0 Å². The van der Waals surface area contributed by atoms with Gasteiger partial charge >= 0.3 is 6.09 Å². The monoisotopic (exact) mass is 342 g/mol. The summed E-state index contributed by atoms with van der Waals surface area (Å²) in [5.41, 5.74) is 0.00422. The lowest BCUT2D eigenvalue weighted by Gasteiger charge is -2.34. The summed E-state index contributed by atoms with van der Waals surface area (Å²) in [6.07, 6.45) is -0.655. The molecule has 1 amide bonds. The highest BCUT2D eigenvalue weighted by Gasteiger charge is 2.44. The zero-order valence-electron chi connectivity index (χ0n) is 14.5. The lowest BCUT2D eigenvalue weighted by atomic mass is 9.84. The minimum absolute atomic E-state index is 0.101. The van der Waals surface area contributed by atoms with Gasteiger partial charge in [-0.3, -0.25) is 4.90 Å². The van der Waals surface area contributed by atoms with E-state index in [0.717, 1.165) is 0 Å². The number of nitrogens with zero attached hydrogens (tertiary/aromatic N) is 1. The van der Waals surface area contributed by atoms with E-state index in [0.29, 0.717) is 30.3 Å². The van der Waals surface area contributed by atoms with Crippen LogP contribution < -0.4 is 15.0 Å². The number of amides is 1. The smallest absolute Gasteiger partial charge is 0.414 e. The maximum absolute atomic E-state index is 14.0. The van der Waals surface area contributed by atoms with E-state index < -0.39 is 17.4 Å². The van der Waals surface area contributed by atoms with Crippen LogP contribution in [-0.4, -0.2) is 38.8 Å². The second-order valence-electron chi connectivity index (χ2n) is 6.45. The van der Waals surface area contributed by atoms with Crippen LogP contribution in [0.25, 0.3) is 0 Å². The Morgan fingerprint density at radius 1 is 1.38 bits per heavy atom. The van der Waals surface area contributed by atoms with Crippen LogP contribution in [0, 0.1) is 5.41 Å². The molecule has 1 heterocycles. The molecule has 0 radical (unpaired) electrons. The number of halogens is 2. The fraction of sp³-hybridized carbons (Fsp3) is 0.588. The molecule has 1 N–H and O–H groups in total. The number of hydrogen-bond acceptors (Lipinski definition) is 4. The number of anilines is 2. The first kappa shape index (κ1) is 18.3. The molecule has 1 aromatic carbocycles. The molecule has 1 aliphatic rings. The number of nitrogens with one attached hydrogen (secondary N) is 1. The van der Waals surface area contributed by atoms with Crippen molar-refractivity contribution >= 4 is 17.5 Å². The molecule has 1 saturated heterocycles.